The Morgan fingerprint density at radius 2 is 1.81 bits per heavy atom. The fraction of sp³-hybridized carbons (Fsp3) is 0.154. The summed E-state index contributed by atoms with van der Waals surface area (Å²) in [6.07, 6.45) is 1.60. The highest BCUT2D eigenvalue weighted by Gasteiger charge is 2.24. The standard InChI is InChI=1S/C26H22FNO4/c1-3-30-24-14-19(11-12-23(24)31-16-18-9-7-17(2)8-10-18)13-22-26(29)32-25(28-22)20-5-4-6-21(27)15-20/h4-15H,3,16H2,1-2H3. The quantitative estimate of drug-likeness (QED) is 0.368. The molecule has 0 saturated carbocycles. The smallest absolute Gasteiger partial charge is 0.363 e. The van der Waals surface area contributed by atoms with Gasteiger partial charge in [-0.25, -0.2) is 14.2 Å². The van der Waals surface area contributed by atoms with E-state index in [-0.39, 0.29) is 11.6 Å². The Morgan fingerprint density at radius 3 is 2.56 bits per heavy atom. The number of carbonyl (C=O) groups is 1. The maximum absolute atomic E-state index is 13.5. The number of aliphatic imine (C=N–C) groups is 1. The van der Waals surface area contributed by atoms with E-state index in [1.54, 1.807) is 24.3 Å². The molecular weight excluding hydrogens is 409 g/mol. The van der Waals surface area contributed by atoms with Crippen LogP contribution >= 0.6 is 0 Å². The minimum Gasteiger partial charge on any atom is -0.490 e. The highest BCUT2D eigenvalue weighted by Crippen LogP contribution is 2.31. The number of nitrogens with zero attached hydrogens (tertiary/aromatic N) is 1. The van der Waals surface area contributed by atoms with Gasteiger partial charge in [0.1, 0.15) is 12.4 Å². The third kappa shape index (κ3) is 5.03. The Hall–Kier alpha value is -3.93. The van der Waals surface area contributed by atoms with Crippen LogP contribution in [0, 0.1) is 12.7 Å². The largest absolute Gasteiger partial charge is 0.490 e. The lowest BCUT2D eigenvalue weighted by Crippen LogP contribution is -2.05. The van der Waals surface area contributed by atoms with Crippen molar-refractivity contribution >= 4 is 17.9 Å². The van der Waals surface area contributed by atoms with E-state index in [1.165, 1.54) is 23.8 Å². The minimum absolute atomic E-state index is 0.0730. The molecule has 0 aromatic heterocycles. The molecule has 0 spiro atoms. The molecule has 32 heavy (non-hydrogen) atoms. The van der Waals surface area contributed by atoms with Crippen LogP contribution in [0.1, 0.15) is 29.2 Å². The van der Waals surface area contributed by atoms with Crippen molar-refractivity contribution in [3.05, 3.63) is 100 Å². The van der Waals surface area contributed by atoms with E-state index in [0.29, 0.717) is 35.8 Å². The van der Waals surface area contributed by atoms with Crippen LogP contribution in [0.3, 0.4) is 0 Å². The zero-order valence-corrected chi connectivity index (χ0v) is 17.8. The number of cyclic esters (lactones) is 1. The number of carbonyl (C=O) groups excluding carboxylic acids is 1. The first-order valence-electron chi connectivity index (χ1n) is 10.3. The molecule has 0 N–H and O–H groups in total. The van der Waals surface area contributed by atoms with E-state index in [1.807, 2.05) is 44.2 Å². The molecule has 3 aromatic rings. The Kier molecular flexibility index (Phi) is 6.31. The monoisotopic (exact) mass is 431 g/mol. The van der Waals surface area contributed by atoms with Crippen molar-refractivity contribution in [2.24, 2.45) is 4.99 Å². The van der Waals surface area contributed by atoms with Gasteiger partial charge >= 0.3 is 5.97 Å². The summed E-state index contributed by atoms with van der Waals surface area (Å²) >= 11 is 0. The molecule has 0 aliphatic carbocycles. The summed E-state index contributed by atoms with van der Waals surface area (Å²) in [4.78, 5) is 16.5. The number of rotatable bonds is 7. The van der Waals surface area contributed by atoms with E-state index < -0.39 is 11.8 Å². The number of esters is 1. The lowest BCUT2D eigenvalue weighted by Gasteiger charge is -2.13. The summed E-state index contributed by atoms with van der Waals surface area (Å²) < 4.78 is 30.4. The Labute approximate surface area is 185 Å². The normalized spacial score (nSPS) is 14.3. The fourth-order valence-electron chi connectivity index (χ4n) is 3.16. The average molecular weight is 431 g/mol. The van der Waals surface area contributed by atoms with Gasteiger partial charge in [-0.1, -0.05) is 42.0 Å². The van der Waals surface area contributed by atoms with Crippen LogP contribution in [0.5, 0.6) is 11.5 Å². The number of aryl methyl sites for hydroxylation is 1. The second-order valence-corrected chi connectivity index (χ2v) is 7.26. The van der Waals surface area contributed by atoms with Crippen LogP contribution in [-0.4, -0.2) is 18.5 Å². The van der Waals surface area contributed by atoms with Gasteiger partial charge in [0.15, 0.2) is 17.2 Å². The highest BCUT2D eigenvalue weighted by atomic mass is 19.1. The lowest BCUT2D eigenvalue weighted by molar-refractivity contribution is -0.129. The second-order valence-electron chi connectivity index (χ2n) is 7.26. The number of ether oxygens (including phenoxy) is 3. The number of hydrogen-bond acceptors (Lipinski definition) is 5. The summed E-state index contributed by atoms with van der Waals surface area (Å²) in [5, 5.41) is 0. The summed E-state index contributed by atoms with van der Waals surface area (Å²) in [6.45, 7) is 4.80. The Bertz CT molecular complexity index is 1200. The van der Waals surface area contributed by atoms with Crippen molar-refractivity contribution in [1.82, 2.24) is 0 Å². The van der Waals surface area contributed by atoms with E-state index in [4.69, 9.17) is 14.2 Å². The number of benzene rings is 3. The van der Waals surface area contributed by atoms with Gasteiger partial charge in [-0.15, -0.1) is 0 Å². The van der Waals surface area contributed by atoms with Crippen molar-refractivity contribution in [3.63, 3.8) is 0 Å². The molecular formula is C26H22FNO4. The van der Waals surface area contributed by atoms with Gasteiger partial charge in [0.25, 0.3) is 0 Å². The number of halogens is 1. The average Bonchev–Trinajstić information content (AvgIpc) is 3.15. The molecule has 3 aromatic carbocycles. The van der Waals surface area contributed by atoms with Crippen LogP contribution in [0.15, 0.2) is 77.4 Å². The first kappa shape index (κ1) is 21.3. The second kappa shape index (κ2) is 9.47. The van der Waals surface area contributed by atoms with Crippen molar-refractivity contribution < 1.29 is 23.4 Å². The van der Waals surface area contributed by atoms with Crippen molar-refractivity contribution in [1.29, 1.82) is 0 Å². The van der Waals surface area contributed by atoms with Crippen molar-refractivity contribution in [2.45, 2.75) is 20.5 Å². The molecule has 6 heteroatoms. The van der Waals surface area contributed by atoms with Crippen LogP contribution in [-0.2, 0) is 16.1 Å². The van der Waals surface area contributed by atoms with Gasteiger partial charge in [0.2, 0.25) is 5.90 Å². The molecule has 0 atom stereocenters. The molecule has 0 bridgehead atoms. The molecule has 0 radical (unpaired) electrons. The van der Waals surface area contributed by atoms with Crippen LogP contribution in [0.25, 0.3) is 6.08 Å². The molecule has 5 nitrogen and oxygen atoms in total. The Balaban J connectivity index is 1.55. The number of hydrogen-bond donors (Lipinski definition) is 0. The van der Waals surface area contributed by atoms with Crippen LogP contribution < -0.4 is 9.47 Å². The summed E-state index contributed by atoms with van der Waals surface area (Å²) in [5.74, 6) is 0.217. The van der Waals surface area contributed by atoms with Gasteiger partial charge in [-0.2, -0.15) is 0 Å². The van der Waals surface area contributed by atoms with Crippen LogP contribution in [0.2, 0.25) is 0 Å². The molecule has 0 fully saturated rings. The Morgan fingerprint density at radius 1 is 1.00 bits per heavy atom. The molecule has 1 aliphatic heterocycles. The van der Waals surface area contributed by atoms with E-state index >= 15 is 0 Å². The molecule has 0 amide bonds. The molecule has 0 unspecified atom stereocenters. The maximum Gasteiger partial charge on any atom is 0.363 e. The zero-order valence-electron chi connectivity index (χ0n) is 17.8. The van der Waals surface area contributed by atoms with Crippen LogP contribution in [0.4, 0.5) is 4.39 Å². The SMILES string of the molecule is CCOc1cc(C=C2N=C(c3cccc(F)c3)OC2=O)ccc1OCc1ccc(C)cc1. The lowest BCUT2D eigenvalue weighted by atomic mass is 10.1. The molecule has 1 aliphatic rings. The van der Waals surface area contributed by atoms with E-state index in [0.717, 1.165) is 5.56 Å². The third-order valence-corrected chi connectivity index (χ3v) is 4.78. The molecule has 0 saturated heterocycles. The molecule has 1 heterocycles. The third-order valence-electron chi connectivity index (χ3n) is 4.78. The minimum atomic E-state index is -0.595. The van der Waals surface area contributed by atoms with Crippen molar-refractivity contribution in [2.75, 3.05) is 6.61 Å². The van der Waals surface area contributed by atoms with Gasteiger partial charge in [-0.3, -0.25) is 0 Å². The van der Waals surface area contributed by atoms with Gasteiger partial charge in [0, 0.05) is 5.56 Å². The summed E-state index contributed by atoms with van der Waals surface area (Å²) in [5.41, 5.74) is 3.47. The first-order chi connectivity index (χ1) is 15.5. The predicted octanol–water partition coefficient (Wildman–Crippen LogP) is 5.46. The topological polar surface area (TPSA) is 57.1 Å². The predicted molar refractivity (Wildman–Crippen MR) is 120 cm³/mol. The van der Waals surface area contributed by atoms with E-state index in [2.05, 4.69) is 4.99 Å². The van der Waals surface area contributed by atoms with Gasteiger partial charge in [-0.05, 0) is 61.4 Å². The fourth-order valence-corrected chi connectivity index (χ4v) is 3.16. The van der Waals surface area contributed by atoms with Gasteiger partial charge < -0.3 is 14.2 Å². The molecule has 4 rings (SSSR count). The van der Waals surface area contributed by atoms with E-state index in [9.17, 15) is 9.18 Å². The first-order valence-corrected chi connectivity index (χ1v) is 10.3. The summed E-state index contributed by atoms with van der Waals surface area (Å²) in [7, 11) is 0. The molecule has 162 valence electrons. The van der Waals surface area contributed by atoms with Gasteiger partial charge in [0.05, 0.1) is 6.61 Å². The summed E-state index contributed by atoms with van der Waals surface area (Å²) in [6, 6.07) is 19.3. The maximum atomic E-state index is 13.5. The van der Waals surface area contributed by atoms with Crippen molar-refractivity contribution in [3.8, 4) is 11.5 Å². The highest BCUT2D eigenvalue weighted by molar-refractivity contribution is 6.12. The zero-order chi connectivity index (χ0) is 22.5.